The molecule has 1 aromatic carbocycles. The van der Waals surface area contributed by atoms with Gasteiger partial charge in [0.15, 0.2) is 17.3 Å². The lowest BCUT2D eigenvalue weighted by atomic mass is 9.96. The molecule has 0 saturated heterocycles. The summed E-state index contributed by atoms with van der Waals surface area (Å²) in [5.41, 5.74) is 1.82. The highest BCUT2D eigenvalue weighted by Crippen LogP contribution is 2.19. The van der Waals surface area contributed by atoms with Crippen molar-refractivity contribution in [1.82, 2.24) is 4.98 Å². The first-order chi connectivity index (χ1) is 8.15. The van der Waals surface area contributed by atoms with Crippen LogP contribution in [-0.2, 0) is 0 Å². The van der Waals surface area contributed by atoms with Gasteiger partial charge in [0, 0.05) is 12.5 Å². The molecule has 1 aromatic heterocycles. The fourth-order valence-corrected chi connectivity index (χ4v) is 1.73. The molecular formula is C13H12N2O2. The van der Waals surface area contributed by atoms with Gasteiger partial charge in [-0.1, -0.05) is 6.92 Å². The molecule has 86 valence electrons. The number of aromatic nitrogens is 1. The second kappa shape index (κ2) is 4.38. The van der Waals surface area contributed by atoms with Gasteiger partial charge in [-0.15, -0.1) is 0 Å². The minimum Gasteiger partial charge on any atom is -0.441 e. The predicted molar refractivity (Wildman–Crippen MR) is 62.5 cm³/mol. The first-order valence-electron chi connectivity index (χ1n) is 5.46. The molecule has 0 saturated carbocycles. The summed E-state index contributed by atoms with van der Waals surface area (Å²) in [5.74, 6) is -0.171. The van der Waals surface area contributed by atoms with Gasteiger partial charge in [0.05, 0.1) is 6.07 Å². The second-order valence-electron chi connectivity index (χ2n) is 3.87. The summed E-state index contributed by atoms with van der Waals surface area (Å²) in [4.78, 5) is 16.1. The van der Waals surface area contributed by atoms with Crippen LogP contribution in [0.15, 0.2) is 22.6 Å². The average Bonchev–Trinajstić information content (AvgIpc) is 2.69. The normalized spacial score (nSPS) is 12.3. The molecule has 4 heteroatoms. The molecule has 0 bridgehead atoms. The monoisotopic (exact) mass is 228 g/mol. The van der Waals surface area contributed by atoms with Crippen LogP contribution in [0.1, 0.15) is 29.6 Å². The van der Waals surface area contributed by atoms with Crippen molar-refractivity contribution in [3.63, 3.8) is 0 Å². The van der Waals surface area contributed by atoms with Crippen LogP contribution in [0.25, 0.3) is 11.1 Å². The smallest absolute Gasteiger partial charge is 0.192 e. The van der Waals surface area contributed by atoms with E-state index in [1.807, 2.05) is 13.0 Å². The largest absolute Gasteiger partial charge is 0.441 e. The van der Waals surface area contributed by atoms with Crippen LogP contribution in [0.2, 0.25) is 0 Å². The fraction of sp³-hybridized carbons (Fsp3) is 0.308. The molecule has 4 nitrogen and oxygen atoms in total. The Bertz CT molecular complexity index is 607. The van der Waals surface area contributed by atoms with Crippen LogP contribution >= 0.6 is 0 Å². The fourth-order valence-electron chi connectivity index (χ4n) is 1.73. The van der Waals surface area contributed by atoms with E-state index in [1.54, 1.807) is 25.1 Å². The van der Waals surface area contributed by atoms with E-state index in [1.165, 1.54) is 0 Å². The highest BCUT2D eigenvalue weighted by atomic mass is 16.3. The zero-order valence-electron chi connectivity index (χ0n) is 9.73. The van der Waals surface area contributed by atoms with E-state index in [9.17, 15) is 4.79 Å². The van der Waals surface area contributed by atoms with Gasteiger partial charge in [-0.3, -0.25) is 4.79 Å². The van der Waals surface area contributed by atoms with Crippen molar-refractivity contribution in [3.8, 4) is 6.07 Å². The molecule has 0 aliphatic heterocycles. The van der Waals surface area contributed by atoms with Crippen LogP contribution in [-0.4, -0.2) is 10.8 Å². The van der Waals surface area contributed by atoms with E-state index >= 15 is 0 Å². The number of nitrogens with zero attached hydrogens (tertiary/aromatic N) is 2. The molecule has 1 unspecified atom stereocenters. The standard InChI is InChI=1S/C13H12N2O2/c1-3-9(7-14)13(16)10-4-5-12-11(6-10)15-8(2)17-12/h4-6,9H,3H2,1-2H3. The molecule has 0 N–H and O–H groups in total. The third-order valence-corrected chi connectivity index (χ3v) is 2.66. The van der Waals surface area contributed by atoms with E-state index in [-0.39, 0.29) is 5.78 Å². The van der Waals surface area contributed by atoms with Crippen LogP contribution < -0.4 is 0 Å². The zero-order valence-corrected chi connectivity index (χ0v) is 9.73. The van der Waals surface area contributed by atoms with E-state index in [4.69, 9.17) is 9.68 Å². The van der Waals surface area contributed by atoms with Crippen LogP contribution in [0, 0.1) is 24.2 Å². The minimum absolute atomic E-state index is 0.155. The predicted octanol–water partition coefficient (Wildman–Crippen LogP) is 2.87. The van der Waals surface area contributed by atoms with E-state index in [2.05, 4.69) is 4.98 Å². The van der Waals surface area contributed by atoms with Gasteiger partial charge in [0.1, 0.15) is 11.4 Å². The van der Waals surface area contributed by atoms with E-state index in [0.29, 0.717) is 29.0 Å². The van der Waals surface area contributed by atoms with Crippen LogP contribution in [0.3, 0.4) is 0 Å². The quantitative estimate of drug-likeness (QED) is 0.757. The van der Waals surface area contributed by atoms with Crippen LogP contribution in [0.5, 0.6) is 0 Å². The number of hydrogen-bond acceptors (Lipinski definition) is 4. The summed E-state index contributed by atoms with van der Waals surface area (Å²) < 4.78 is 5.33. The summed E-state index contributed by atoms with van der Waals surface area (Å²) in [6, 6.07) is 7.08. The minimum atomic E-state index is -0.583. The van der Waals surface area contributed by atoms with Crippen molar-refractivity contribution in [2.24, 2.45) is 5.92 Å². The number of Topliss-reactive ketones (excluding diaryl/α,β-unsaturated/α-hetero) is 1. The molecule has 0 amide bonds. The van der Waals surface area contributed by atoms with Crippen molar-refractivity contribution in [2.45, 2.75) is 20.3 Å². The average molecular weight is 228 g/mol. The Balaban J connectivity index is 2.43. The van der Waals surface area contributed by atoms with Crippen molar-refractivity contribution in [2.75, 3.05) is 0 Å². The number of nitriles is 1. The molecular weight excluding hydrogens is 216 g/mol. The van der Waals surface area contributed by atoms with Gasteiger partial charge in [0.2, 0.25) is 0 Å². The SMILES string of the molecule is CCC(C#N)C(=O)c1ccc2oc(C)nc2c1. The van der Waals surface area contributed by atoms with Gasteiger partial charge in [-0.25, -0.2) is 4.98 Å². The zero-order chi connectivity index (χ0) is 12.4. The summed E-state index contributed by atoms with van der Waals surface area (Å²) in [5, 5.41) is 8.87. The molecule has 2 aromatic rings. The number of ketones is 1. The van der Waals surface area contributed by atoms with Crippen LogP contribution in [0.4, 0.5) is 0 Å². The van der Waals surface area contributed by atoms with Crippen molar-refractivity contribution < 1.29 is 9.21 Å². The van der Waals surface area contributed by atoms with Gasteiger partial charge < -0.3 is 4.42 Å². The second-order valence-corrected chi connectivity index (χ2v) is 3.87. The Morgan fingerprint density at radius 1 is 1.59 bits per heavy atom. The number of benzene rings is 1. The Morgan fingerprint density at radius 2 is 2.35 bits per heavy atom. The summed E-state index contributed by atoms with van der Waals surface area (Å²) in [7, 11) is 0. The number of aryl methyl sites for hydroxylation is 1. The number of fused-ring (bicyclic) bond motifs is 1. The lowest BCUT2D eigenvalue weighted by Gasteiger charge is -2.04. The number of rotatable bonds is 3. The van der Waals surface area contributed by atoms with Gasteiger partial charge in [-0.2, -0.15) is 5.26 Å². The molecule has 2 rings (SSSR count). The number of carbonyl (C=O) groups is 1. The molecule has 1 heterocycles. The highest BCUT2D eigenvalue weighted by Gasteiger charge is 2.18. The summed E-state index contributed by atoms with van der Waals surface area (Å²) >= 11 is 0. The number of hydrogen-bond donors (Lipinski definition) is 0. The molecule has 17 heavy (non-hydrogen) atoms. The number of carbonyl (C=O) groups excluding carboxylic acids is 1. The summed E-state index contributed by atoms with van der Waals surface area (Å²) in [6.07, 6.45) is 0.519. The molecule has 0 aliphatic rings. The molecule has 0 fully saturated rings. The third kappa shape index (κ3) is 2.04. The first-order valence-corrected chi connectivity index (χ1v) is 5.46. The Labute approximate surface area is 98.9 Å². The van der Waals surface area contributed by atoms with Crippen molar-refractivity contribution in [3.05, 3.63) is 29.7 Å². The maximum atomic E-state index is 12.0. The Kier molecular flexibility index (Phi) is 2.92. The molecule has 0 spiro atoms. The lowest BCUT2D eigenvalue weighted by molar-refractivity contribution is 0.0947. The van der Waals surface area contributed by atoms with E-state index < -0.39 is 5.92 Å². The van der Waals surface area contributed by atoms with Crippen molar-refractivity contribution >= 4 is 16.9 Å². The maximum Gasteiger partial charge on any atom is 0.192 e. The van der Waals surface area contributed by atoms with Gasteiger partial charge in [0.25, 0.3) is 0 Å². The van der Waals surface area contributed by atoms with Crippen molar-refractivity contribution in [1.29, 1.82) is 5.26 Å². The highest BCUT2D eigenvalue weighted by molar-refractivity contribution is 6.01. The maximum absolute atomic E-state index is 12.0. The number of oxazole rings is 1. The summed E-state index contributed by atoms with van der Waals surface area (Å²) in [6.45, 7) is 3.58. The Morgan fingerprint density at radius 3 is 3.00 bits per heavy atom. The first kappa shape index (κ1) is 11.3. The lowest BCUT2D eigenvalue weighted by Crippen LogP contribution is -2.11. The third-order valence-electron chi connectivity index (χ3n) is 2.66. The van der Waals surface area contributed by atoms with Gasteiger partial charge in [-0.05, 0) is 24.6 Å². The van der Waals surface area contributed by atoms with E-state index in [0.717, 1.165) is 0 Å². The molecule has 0 aliphatic carbocycles. The Hall–Kier alpha value is -2.15. The molecule has 0 radical (unpaired) electrons. The topological polar surface area (TPSA) is 66.9 Å². The van der Waals surface area contributed by atoms with Gasteiger partial charge >= 0.3 is 0 Å². The molecule has 1 atom stereocenters.